The van der Waals surface area contributed by atoms with Crippen LogP contribution >= 0.6 is 0 Å². The summed E-state index contributed by atoms with van der Waals surface area (Å²) in [7, 11) is 0. The molecule has 0 atom stereocenters. The van der Waals surface area contributed by atoms with Crippen molar-refractivity contribution >= 4 is 22.4 Å². The van der Waals surface area contributed by atoms with Crippen LogP contribution in [0.3, 0.4) is 0 Å². The van der Waals surface area contributed by atoms with Gasteiger partial charge in [-0.3, -0.25) is 4.98 Å². The molecule has 3 nitrogen and oxygen atoms in total. The van der Waals surface area contributed by atoms with Gasteiger partial charge in [-0.05, 0) is 42.5 Å². The van der Waals surface area contributed by atoms with Crippen molar-refractivity contribution in [2.75, 3.05) is 0 Å². The van der Waals surface area contributed by atoms with Gasteiger partial charge in [0.25, 0.3) is 0 Å². The van der Waals surface area contributed by atoms with Gasteiger partial charge in [-0.2, -0.15) is 0 Å². The number of carboxylic acid groups (broad SMARTS) is 1. The summed E-state index contributed by atoms with van der Waals surface area (Å²) < 4.78 is 0. The molecule has 2 aromatic rings. The highest BCUT2D eigenvalue weighted by molar-refractivity contribution is 5.98. The average Bonchev–Trinajstić information content (AvgIpc) is 2.87. The number of aliphatic carboxylic acids is 1. The molecular formula is C15H13NO2. The fourth-order valence-corrected chi connectivity index (χ4v) is 2.55. The molecule has 0 aliphatic heterocycles. The Kier molecular flexibility index (Phi) is 2.59. The molecule has 0 unspecified atom stereocenters. The van der Waals surface area contributed by atoms with Crippen LogP contribution in [0.25, 0.3) is 16.5 Å². The second kappa shape index (κ2) is 4.26. The number of aromatic nitrogens is 1. The highest BCUT2D eigenvalue weighted by Gasteiger charge is 2.21. The first kappa shape index (κ1) is 11.0. The van der Waals surface area contributed by atoms with Crippen LogP contribution in [-0.4, -0.2) is 16.1 Å². The fourth-order valence-electron chi connectivity index (χ4n) is 2.55. The average molecular weight is 239 g/mol. The zero-order chi connectivity index (χ0) is 12.5. The van der Waals surface area contributed by atoms with E-state index in [9.17, 15) is 9.90 Å². The molecule has 0 spiro atoms. The third-order valence-corrected chi connectivity index (χ3v) is 3.43. The van der Waals surface area contributed by atoms with Crippen LogP contribution in [0.2, 0.25) is 0 Å². The van der Waals surface area contributed by atoms with Gasteiger partial charge in [0.2, 0.25) is 0 Å². The molecule has 3 heteroatoms. The summed E-state index contributed by atoms with van der Waals surface area (Å²) in [5.41, 5.74) is 3.44. The Labute approximate surface area is 105 Å². The molecule has 1 aliphatic carbocycles. The third-order valence-electron chi connectivity index (χ3n) is 3.43. The molecular weight excluding hydrogens is 226 g/mol. The van der Waals surface area contributed by atoms with E-state index in [-0.39, 0.29) is 0 Å². The smallest absolute Gasteiger partial charge is 0.331 e. The summed E-state index contributed by atoms with van der Waals surface area (Å²) in [6, 6.07) is 9.89. The van der Waals surface area contributed by atoms with Crippen LogP contribution in [0.4, 0.5) is 0 Å². The number of allylic oxidation sites excluding steroid dienone is 1. The van der Waals surface area contributed by atoms with Crippen molar-refractivity contribution < 1.29 is 9.90 Å². The Bertz CT molecular complexity index is 658. The molecule has 18 heavy (non-hydrogen) atoms. The van der Waals surface area contributed by atoms with Crippen LogP contribution in [0, 0.1) is 0 Å². The maximum atomic E-state index is 11.2. The Balaban J connectivity index is 2.14. The predicted octanol–water partition coefficient (Wildman–Crippen LogP) is 3.26. The largest absolute Gasteiger partial charge is 0.478 e. The van der Waals surface area contributed by atoms with Crippen molar-refractivity contribution in [2.45, 2.75) is 19.3 Å². The van der Waals surface area contributed by atoms with Crippen LogP contribution in [0.15, 0.2) is 42.1 Å². The molecule has 90 valence electrons. The molecule has 1 aromatic heterocycles. The summed E-state index contributed by atoms with van der Waals surface area (Å²) in [6.45, 7) is 0. The van der Waals surface area contributed by atoms with E-state index >= 15 is 0 Å². The van der Waals surface area contributed by atoms with Gasteiger partial charge in [0, 0.05) is 17.2 Å². The minimum atomic E-state index is -0.788. The maximum Gasteiger partial charge on any atom is 0.331 e. The third kappa shape index (κ3) is 1.78. The second-order valence-electron chi connectivity index (χ2n) is 4.53. The van der Waals surface area contributed by atoms with Gasteiger partial charge in [0.05, 0.1) is 5.52 Å². The molecule has 3 rings (SSSR count). The standard InChI is InChI=1S/C15H13NO2/c17-15(18)13-5-1-4-12(13)11-7-6-10-3-2-8-16-14(10)9-11/h2-3,6-9H,1,4-5H2,(H,17,18). The summed E-state index contributed by atoms with van der Waals surface area (Å²) in [5, 5.41) is 10.3. The normalized spacial score (nSPS) is 15.3. The number of hydrogen-bond donors (Lipinski definition) is 1. The van der Waals surface area contributed by atoms with Gasteiger partial charge in [-0.25, -0.2) is 4.79 Å². The summed E-state index contributed by atoms with van der Waals surface area (Å²) in [4.78, 5) is 15.5. The molecule has 0 fully saturated rings. The van der Waals surface area contributed by atoms with Crippen LogP contribution in [0.5, 0.6) is 0 Å². The zero-order valence-corrected chi connectivity index (χ0v) is 9.89. The molecule has 1 aliphatic rings. The number of benzene rings is 1. The lowest BCUT2D eigenvalue weighted by Gasteiger charge is -2.06. The molecule has 0 saturated heterocycles. The highest BCUT2D eigenvalue weighted by atomic mass is 16.4. The first-order valence-electron chi connectivity index (χ1n) is 6.06. The van der Waals surface area contributed by atoms with E-state index in [0.717, 1.165) is 34.9 Å². The van der Waals surface area contributed by atoms with Crippen molar-refractivity contribution in [1.82, 2.24) is 4.98 Å². The van der Waals surface area contributed by atoms with E-state index in [4.69, 9.17) is 0 Å². The lowest BCUT2D eigenvalue weighted by molar-refractivity contribution is -0.132. The molecule has 1 heterocycles. The molecule has 0 amide bonds. The maximum absolute atomic E-state index is 11.2. The number of hydrogen-bond acceptors (Lipinski definition) is 2. The van der Waals surface area contributed by atoms with E-state index < -0.39 is 5.97 Å². The van der Waals surface area contributed by atoms with Gasteiger partial charge in [-0.1, -0.05) is 18.2 Å². The van der Waals surface area contributed by atoms with E-state index in [1.807, 2.05) is 30.3 Å². The number of carboxylic acids is 1. The lowest BCUT2D eigenvalue weighted by Crippen LogP contribution is -1.99. The molecule has 1 aromatic carbocycles. The van der Waals surface area contributed by atoms with E-state index in [0.29, 0.717) is 12.0 Å². The monoisotopic (exact) mass is 239 g/mol. The van der Waals surface area contributed by atoms with E-state index in [2.05, 4.69) is 4.98 Å². The second-order valence-corrected chi connectivity index (χ2v) is 4.53. The first-order chi connectivity index (χ1) is 8.75. The number of fused-ring (bicyclic) bond motifs is 1. The Hall–Kier alpha value is -2.16. The topological polar surface area (TPSA) is 50.2 Å². The van der Waals surface area contributed by atoms with Gasteiger partial charge >= 0.3 is 5.97 Å². The van der Waals surface area contributed by atoms with Gasteiger partial charge < -0.3 is 5.11 Å². The molecule has 0 radical (unpaired) electrons. The van der Waals surface area contributed by atoms with Crippen molar-refractivity contribution in [3.05, 3.63) is 47.7 Å². The van der Waals surface area contributed by atoms with Crippen LogP contribution in [-0.2, 0) is 4.79 Å². The van der Waals surface area contributed by atoms with Crippen molar-refractivity contribution in [2.24, 2.45) is 0 Å². The van der Waals surface area contributed by atoms with Crippen molar-refractivity contribution in [3.8, 4) is 0 Å². The summed E-state index contributed by atoms with van der Waals surface area (Å²) >= 11 is 0. The highest BCUT2D eigenvalue weighted by Crippen LogP contribution is 2.34. The first-order valence-corrected chi connectivity index (χ1v) is 6.06. The van der Waals surface area contributed by atoms with Crippen LogP contribution in [0.1, 0.15) is 24.8 Å². The van der Waals surface area contributed by atoms with Crippen LogP contribution < -0.4 is 0 Å². The van der Waals surface area contributed by atoms with Gasteiger partial charge in [0.15, 0.2) is 0 Å². The Morgan fingerprint density at radius 3 is 2.94 bits per heavy atom. The van der Waals surface area contributed by atoms with Crippen molar-refractivity contribution in [3.63, 3.8) is 0 Å². The summed E-state index contributed by atoms with van der Waals surface area (Å²) in [6.07, 6.45) is 4.20. The minimum absolute atomic E-state index is 0.560. The van der Waals surface area contributed by atoms with Gasteiger partial charge in [0.1, 0.15) is 0 Å². The quantitative estimate of drug-likeness (QED) is 0.875. The Morgan fingerprint density at radius 1 is 1.22 bits per heavy atom. The fraction of sp³-hybridized carbons (Fsp3) is 0.200. The van der Waals surface area contributed by atoms with E-state index in [1.165, 1.54) is 0 Å². The molecule has 0 bridgehead atoms. The number of carbonyl (C=O) groups is 1. The van der Waals surface area contributed by atoms with E-state index in [1.54, 1.807) is 6.20 Å². The zero-order valence-electron chi connectivity index (χ0n) is 9.89. The SMILES string of the molecule is O=C(O)C1=C(c2ccc3cccnc3c2)CCC1. The Morgan fingerprint density at radius 2 is 2.11 bits per heavy atom. The number of rotatable bonds is 2. The molecule has 1 N–H and O–H groups in total. The van der Waals surface area contributed by atoms with Gasteiger partial charge in [-0.15, -0.1) is 0 Å². The number of nitrogens with zero attached hydrogens (tertiary/aromatic N) is 1. The minimum Gasteiger partial charge on any atom is -0.478 e. The molecule has 0 saturated carbocycles. The number of pyridine rings is 1. The van der Waals surface area contributed by atoms with Crippen molar-refractivity contribution in [1.29, 1.82) is 0 Å². The summed E-state index contributed by atoms with van der Waals surface area (Å²) in [5.74, 6) is -0.788. The lowest BCUT2D eigenvalue weighted by atomic mass is 10.0. The predicted molar refractivity (Wildman–Crippen MR) is 70.1 cm³/mol.